The molecule has 0 aromatic heterocycles. The zero-order chi connectivity index (χ0) is 15.2. The molecule has 116 valence electrons. The first-order valence-electron chi connectivity index (χ1n) is 7.58. The third-order valence-electron chi connectivity index (χ3n) is 3.90. The Balaban J connectivity index is 2.16. The van der Waals surface area contributed by atoms with Crippen LogP contribution in [0.25, 0.3) is 0 Å². The molecule has 1 saturated heterocycles. The number of nitrogens with zero attached hydrogens (tertiary/aromatic N) is 1. The third-order valence-corrected chi connectivity index (χ3v) is 3.90. The Morgan fingerprint density at radius 1 is 1.38 bits per heavy atom. The number of ether oxygens (including phenoxy) is 1. The molecule has 1 aliphatic heterocycles. The van der Waals surface area contributed by atoms with Crippen LogP contribution in [-0.4, -0.2) is 36.7 Å². The molecule has 1 heterocycles. The molecule has 1 N–H and O–H groups in total. The second-order valence-electron chi connectivity index (χ2n) is 5.20. The molecule has 21 heavy (non-hydrogen) atoms. The Hall–Kier alpha value is -1.62. The zero-order valence-electron chi connectivity index (χ0n) is 12.6. The van der Waals surface area contributed by atoms with E-state index in [1.54, 1.807) is 17.0 Å². The second kappa shape index (κ2) is 7.41. The Labute approximate surface area is 125 Å². The van der Waals surface area contributed by atoms with Crippen molar-refractivity contribution in [1.82, 2.24) is 10.2 Å². The summed E-state index contributed by atoms with van der Waals surface area (Å²) in [6.45, 7) is 5.92. The number of carbonyl (C=O) groups excluding carboxylic acids is 1. The SMILES string of the molecule is CCN(CC)C(=O)NC(c1ccc(F)cc1)C1CCCO1. The fourth-order valence-electron chi connectivity index (χ4n) is 2.66. The lowest BCUT2D eigenvalue weighted by Gasteiger charge is -2.28. The van der Waals surface area contributed by atoms with Gasteiger partial charge in [0.25, 0.3) is 0 Å². The fourth-order valence-corrected chi connectivity index (χ4v) is 2.66. The van der Waals surface area contributed by atoms with E-state index >= 15 is 0 Å². The van der Waals surface area contributed by atoms with Gasteiger partial charge in [-0.2, -0.15) is 0 Å². The molecule has 2 unspecified atom stereocenters. The van der Waals surface area contributed by atoms with Crippen molar-refractivity contribution in [2.24, 2.45) is 0 Å². The number of hydrogen-bond donors (Lipinski definition) is 1. The Morgan fingerprint density at radius 3 is 2.57 bits per heavy atom. The van der Waals surface area contributed by atoms with Gasteiger partial charge in [0.05, 0.1) is 12.1 Å². The summed E-state index contributed by atoms with van der Waals surface area (Å²) in [5.41, 5.74) is 0.879. The molecule has 2 rings (SSSR count). The van der Waals surface area contributed by atoms with E-state index in [1.807, 2.05) is 13.8 Å². The van der Waals surface area contributed by atoms with Crippen LogP contribution < -0.4 is 5.32 Å². The first-order valence-corrected chi connectivity index (χ1v) is 7.58. The average molecular weight is 294 g/mol. The maximum Gasteiger partial charge on any atom is 0.317 e. The molecule has 0 saturated carbocycles. The minimum Gasteiger partial charge on any atom is -0.376 e. The molecule has 0 aliphatic carbocycles. The fraction of sp³-hybridized carbons (Fsp3) is 0.562. The summed E-state index contributed by atoms with van der Waals surface area (Å²) in [6.07, 6.45) is 1.85. The summed E-state index contributed by atoms with van der Waals surface area (Å²) in [5, 5.41) is 3.04. The number of carbonyl (C=O) groups is 1. The van der Waals surface area contributed by atoms with E-state index in [9.17, 15) is 9.18 Å². The predicted molar refractivity (Wildman–Crippen MR) is 79.6 cm³/mol. The number of halogens is 1. The number of rotatable bonds is 5. The van der Waals surface area contributed by atoms with Gasteiger partial charge >= 0.3 is 6.03 Å². The van der Waals surface area contributed by atoms with Gasteiger partial charge in [-0.3, -0.25) is 0 Å². The highest BCUT2D eigenvalue weighted by Crippen LogP contribution is 2.27. The maximum absolute atomic E-state index is 13.1. The number of benzene rings is 1. The van der Waals surface area contributed by atoms with Gasteiger partial charge < -0.3 is 15.0 Å². The molecule has 5 heteroatoms. The van der Waals surface area contributed by atoms with E-state index in [4.69, 9.17) is 4.74 Å². The highest BCUT2D eigenvalue weighted by Gasteiger charge is 2.29. The lowest BCUT2D eigenvalue weighted by atomic mass is 9.99. The minimum atomic E-state index is -0.278. The van der Waals surface area contributed by atoms with Crippen LogP contribution in [0.3, 0.4) is 0 Å². The smallest absolute Gasteiger partial charge is 0.317 e. The molecule has 0 spiro atoms. The zero-order valence-corrected chi connectivity index (χ0v) is 12.6. The molecule has 1 aromatic rings. The summed E-state index contributed by atoms with van der Waals surface area (Å²) in [4.78, 5) is 14.0. The van der Waals surface area contributed by atoms with Crippen molar-refractivity contribution < 1.29 is 13.9 Å². The molecular weight excluding hydrogens is 271 g/mol. The maximum atomic E-state index is 13.1. The first-order chi connectivity index (χ1) is 10.2. The van der Waals surface area contributed by atoms with Gasteiger partial charge in [0.2, 0.25) is 0 Å². The van der Waals surface area contributed by atoms with E-state index in [2.05, 4.69) is 5.32 Å². The van der Waals surface area contributed by atoms with Crippen LogP contribution in [0.2, 0.25) is 0 Å². The largest absolute Gasteiger partial charge is 0.376 e. The lowest BCUT2D eigenvalue weighted by Crippen LogP contribution is -2.44. The van der Waals surface area contributed by atoms with Gasteiger partial charge in [0.15, 0.2) is 0 Å². The van der Waals surface area contributed by atoms with Crippen molar-refractivity contribution in [3.63, 3.8) is 0 Å². The van der Waals surface area contributed by atoms with Crippen LogP contribution in [-0.2, 0) is 4.74 Å². The van der Waals surface area contributed by atoms with Gasteiger partial charge in [-0.25, -0.2) is 9.18 Å². The normalized spacial score (nSPS) is 19.3. The quantitative estimate of drug-likeness (QED) is 0.906. The molecule has 4 nitrogen and oxygen atoms in total. The van der Waals surface area contributed by atoms with Crippen LogP contribution in [0.5, 0.6) is 0 Å². The van der Waals surface area contributed by atoms with E-state index in [0.717, 1.165) is 18.4 Å². The monoisotopic (exact) mass is 294 g/mol. The number of nitrogens with one attached hydrogen (secondary N) is 1. The lowest BCUT2D eigenvalue weighted by molar-refractivity contribution is 0.0782. The Bertz CT molecular complexity index is 454. The van der Waals surface area contributed by atoms with E-state index in [1.165, 1.54) is 12.1 Å². The van der Waals surface area contributed by atoms with Crippen molar-refractivity contribution in [2.75, 3.05) is 19.7 Å². The first kappa shape index (κ1) is 15.8. The van der Waals surface area contributed by atoms with Crippen LogP contribution >= 0.6 is 0 Å². The highest BCUT2D eigenvalue weighted by atomic mass is 19.1. The van der Waals surface area contributed by atoms with Gasteiger partial charge in [0, 0.05) is 19.7 Å². The minimum absolute atomic E-state index is 0.0463. The number of amides is 2. The van der Waals surface area contributed by atoms with Crippen LogP contribution in [0.15, 0.2) is 24.3 Å². The Morgan fingerprint density at radius 2 is 2.05 bits per heavy atom. The van der Waals surface area contributed by atoms with E-state index in [-0.39, 0.29) is 24.0 Å². The molecule has 0 bridgehead atoms. The molecule has 1 aliphatic rings. The van der Waals surface area contributed by atoms with Crippen LogP contribution in [0, 0.1) is 5.82 Å². The third kappa shape index (κ3) is 3.94. The number of urea groups is 1. The molecule has 2 atom stereocenters. The highest BCUT2D eigenvalue weighted by molar-refractivity contribution is 5.74. The van der Waals surface area contributed by atoms with Crippen molar-refractivity contribution in [1.29, 1.82) is 0 Å². The molecule has 1 fully saturated rings. The second-order valence-corrected chi connectivity index (χ2v) is 5.20. The molecular formula is C16H23FN2O2. The standard InChI is InChI=1S/C16H23FN2O2/c1-3-19(4-2)16(20)18-15(14-6-5-11-21-14)12-7-9-13(17)10-8-12/h7-10,14-15H,3-6,11H2,1-2H3,(H,18,20). The summed E-state index contributed by atoms with van der Waals surface area (Å²) in [5.74, 6) is -0.278. The van der Waals surface area contributed by atoms with Crippen molar-refractivity contribution >= 4 is 6.03 Å². The Kier molecular flexibility index (Phi) is 5.56. The van der Waals surface area contributed by atoms with Gasteiger partial charge in [0.1, 0.15) is 5.82 Å². The van der Waals surface area contributed by atoms with Gasteiger partial charge in [-0.1, -0.05) is 12.1 Å². The van der Waals surface area contributed by atoms with Crippen LogP contribution in [0.1, 0.15) is 38.3 Å². The topological polar surface area (TPSA) is 41.6 Å². The van der Waals surface area contributed by atoms with Crippen LogP contribution in [0.4, 0.5) is 9.18 Å². The van der Waals surface area contributed by atoms with Gasteiger partial charge in [-0.15, -0.1) is 0 Å². The summed E-state index contributed by atoms with van der Waals surface area (Å²) in [7, 11) is 0. The van der Waals surface area contributed by atoms with E-state index in [0.29, 0.717) is 19.7 Å². The molecule has 0 radical (unpaired) electrons. The summed E-state index contributed by atoms with van der Waals surface area (Å²) >= 11 is 0. The van der Waals surface area contributed by atoms with Crippen molar-refractivity contribution in [2.45, 2.75) is 38.8 Å². The van der Waals surface area contributed by atoms with Crippen molar-refractivity contribution in [3.8, 4) is 0 Å². The summed E-state index contributed by atoms with van der Waals surface area (Å²) in [6, 6.07) is 5.92. The number of hydrogen-bond acceptors (Lipinski definition) is 2. The predicted octanol–water partition coefficient (Wildman–Crippen LogP) is 3.10. The average Bonchev–Trinajstić information content (AvgIpc) is 3.01. The molecule has 1 aromatic carbocycles. The van der Waals surface area contributed by atoms with E-state index < -0.39 is 0 Å². The van der Waals surface area contributed by atoms with Gasteiger partial charge in [-0.05, 0) is 44.4 Å². The molecule has 2 amide bonds. The van der Waals surface area contributed by atoms with Crippen molar-refractivity contribution in [3.05, 3.63) is 35.6 Å². The summed E-state index contributed by atoms with van der Waals surface area (Å²) < 4.78 is 18.8.